The fourth-order valence-corrected chi connectivity index (χ4v) is 3.03. The Labute approximate surface area is 88.7 Å². The molecule has 0 atom stereocenters. The summed E-state index contributed by atoms with van der Waals surface area (Å²) < 4.78 is 0. The molecule has 1 heterocycles. The van der Waals surface area contributed by atoms with Crippen molar-refractivity contribution in [1.29, 1.82) is 0 Å². The van der Waals surface area contributed by atoms with Crippen LogP contribution in [0.1, 0.15) is 48.0 Å². The third-order valence-electron chi connectivity index (χ3n) is 2.80. The van der Waals surface area contributed by atoms with Crippen LogP contribution in [0.15, 0.2) is 0 Å². The van der Waals surface area contributed by atoms with Gasteiger partial charge in [-0.25, -0.2) is 0 Å². The highest BCUT2D eigenvalue weighted by Gasteiger charge is 2.19. The second-order valence-electron chi connectivity index (χ2n) is 3.91. The Morgan fingerprint density at radius 3 is 2.71 bits per heavy atom. The lowest BCUT2D eigenvalue weighted by atomic mass is 9.90. The molecule has 0 aliphatic heterocycles. The lowest BCUT2D eigenvalue weighted by molar-refractivity contribution is 0.440. The second kappa shape index (κ2) is 4.84. The van der Waals surface area contributed by atoms with Gasteiger partial charge in [-0.05, 0) is 19.4 Å². The molecule has 1 aromatic rings. The van der Waals surface area contributed by atoms with Crippen LogP contribution in [0.4, 0.5) is 0 Å². The quantitative estimate of drug-likeness (QED) is 0.833. The Bertz CT molecular complexity index is 279. The van der Waals surface area contributed by atoms with Crippen molar-refractivity contribution in [3.8, 4) is 0 Å². The summed E-state index contributed by atoms with van der Waals surface area (Å²) >= 11 is 1.76. The molecule has 0 bridgehead atoms. The lowest BCUT2D eigenvalue weighted by Gasteiger charge is -2.18. The number of aromatic nitrogens is 2. The summed E-state index contributed by atoms with van der Waals surface area (Å²) in [5.41, 5.74) is 5.49. The zero-order valence-electron chi connectivity index (χ0n) is 8.41. The number of nitrogens with two attached hydrogens (primary N) is 1. The van der Waals surface area contributed by atoms with E-state index in [1.165, 1.54) is 37.1 Å². The molecule has 4 heteroatoms. The van der Waals surface area contributed by atoms with Gasteiger partial charge < -0.3 is 5.73 Å². The first-order chi connectivity index (χ1) is 6.90. The smallest absolute Gasteiger partial charge is 0.120 e. The van der Waals surface area contributed by atoms with Crippen molar-refractivity contribution in [3.63, 3.8) is 0 Å². The van der Waals surface area contributed by atoms with Crippen molar-refractivity contribution in [2.75, 3.05) is 6.54 Å². The molecule has 0 amide bonds. The minimum Gasteiger partial charge on any atom is -0.330 e. The van der Waals surface area contributed by atoms with Crippen LogP contribution in [0.5, 0.6) is 0 Å². The molecular formula is C10H17N3S. The molecule has 2 N–H and O–H groups in total. The zero-order valence-corrected chi connectivity index (χ0v) is 9.22. The first kappa shape index (κ1) is 10.1. The van der Waals surface area contributed by atoms with Gasteiger partial charge in [-0.15, -0.1) is 21.5 Å². The van der Waals surface area contributed by atoms with E-state index in [1.807, 2.05) is 0 Å². The molecule has 1 aromatic heterocycles. The van der Waals surface area contributed by atoms with Gasteiger partial charge in [-0.3, -0.25) is 0 Å². The Hall–Kier alpha value is -0.480. The van der Waals surface area contributed by atoms with Crippen LogP contribution in [0.2, 0.25) is 0 Å². The summed E-state index contributed by atoms with van der Waals surface area (Å²) in [4.78, 5) is 0. The zero-order chi connectivity index (χ0) is 9.80. The Kier molecular flexibility index (Phi) is 3.48. The van der Waals surface area contributed by atoms with E-state index >= 15 is 0 Å². The highest BCUT2D eigenvalue weighted by atomic mass is 32.1. The number of hydrogen-bond acceptors (Lipinski definition) is 4. The van der Waals surface area contributed by atoms with Crippen molar-refractivity contribution in [1.82, 2.24) is 10.2 Å². The molecule has 1 aliphatic carbocycles. The normalized spacial score (nSPS) is 18.6. The van der Waals surface area contributed by atoms with Gasteiger partial charge in [0.2, 0.25) is 0 Å². The predicted octanol–water partition coefficient (Wildman–Crippen LogP) is 2.09. The molecule has 1 aliphatic rings. The van der Waals surface area contributed by atoms with Crippen LogP contribution in [0.3, 0.4) is 0 Å². The van der Waals surface area contributed by atoms with Crippen LogP contribution in [0.25, 0.3) is 0 Å². The maximum absolute atomic E-state index is 5.49. The second-order valence-corrected chi connectivity index (χ2v) is 5.00. The van der Waals surface area contributed by atoms with Gasteiger partial charge in [0.25, 0.3) is 0 Å². The third-order valence-corrected chi connectivity index (χ3v) is 3.94. The van der Waals surface area contributed by atoms with Crippen LogP contribution in [-0.2, 0) is 6.42 Å². The molecule has 0 aromatic carbocycles. The highest BCUT2D eigenvalue weighted by molar-refractivity contribution is 7.11. The summed E-state index contributed by atoms with van der Waals surface area (Å²) in [5.74, 6) is 0.688. The molecule has 0 unspecified atom stereocenters. The van der Waals surface area contributed by atoms with E-state index in [0.717, 1.165) is 11.4 Å². The molecule has 0 radical (unpaired) electrons. The highest BCUT2D eigenvalue weighted by Crippen LogP contribution is 2.33. The van der Waals surface area contributed by atoms with Gasteiger partial charge in [0.15, 0.2) is 0 Å². The fourth-order valence-electron chi connectivity index (χ4n) is 2.01. The molecule has 1 saturated carbocycles. The number of rotatable bonds is 3. The molecule has 78 valence electrons. The van der Waals surface area contributed by atoms with Gasteiger partial charge in [-0.1, -0.05) is 19.3 Å². The summed E-state index contributed by atoms with van der Waals surface area (Å²) in [7, 11) is 0. The van der Waals surface area contributed by atoms with Gasteiger partial charge >= 0.3 is 0 Å². The summed E-state index contributed by atoms with van der Waals surface area (Å²) in [6, 6.07) is 0. The van der Waals surface area contributed by atoms with Crippen molar-refractivity contribution in [2.24, 2.45) is 5.73 Å². The van der Waals surface area contributed by atoms with E-state index in [4.69, 9.17) is 5.73 Å². The van der Waals surface area contributed by atoms with E-state index < -0.39 is 0 Å². The standard InChI is InChI=1S/C10H17N3S/c11-7-6-9-12-13-10(14-9)8-4-2-1-3-5-8/h8H,1-7,11H2. The van der Waals surface area contributed by atoms with Gasteiger partial charge in [0.05, 0.1) is 0 Å². The number of nitrogens with zero attached hydrogens (tertiary/aromatic N) is 2. The van der Waals surface area contributed by atoms with Gasteiger partial charge in [-0.2, -0.15) is 0 Å². The van der Waals surface area contributed by atoms with Crippen molar-refractivity contribution in [3.05, 3.63) is 10.0 Å². The van der Waals surface area contributed by atoms with Gasteiger partial charge in [0.1, 0.15) is 10.0 Å². The Balaban J connectivity index is 2.00. The first-order valence-corrected chi connectivity index (χ1v) is 6.24. The minimum absolute atomic E-state index is 0.680. The Morgan fingerprint density at radius 2 is 2.00 bits per heavy atom. The number of hydrogen-bond donors (Lipinski definition) is 1. The van der Waals surface area contributed by atoms with Gasteiger partial charge in [0, 0.05) is 12.3 Å². The topological polar surface area (TPSA) is 51.8 Å². The fraction of sp³-hybridized carbons (Fsp3) is 0.800. The van der Waals surface area contributed by atoms with E-state index in [2.05, 4.69) is 10.2 Å². The van der Waals surface area contributed by atoms with Crippen molar-refractivity contribution < 1.29 is 0 Å². The third kappa shape index (κ3) is 2.30. The van der Waals surface area contributed by atoms with E-state index in [0.29, 0.717) is 12.5 Å². The summed E-state index contributed by atoms with van der Waals surface area (Å²) in [6.45, 7) is 0.680. The van der Waals surface area contributed by atoms with Crippen LogP contribution < -0.4 is 5.73 Å². The Morgan fingerprint density at radius 1 is 1.21 bits per heavy atom. The monoisotopic (exact) mass is 211 g/mol. The average molecular weight is 211 g/mol. The van der Waals surface area contributed by atoms with Crippen LogP contribution in [-0.4, -0.2) is 16.7 Å². The SMILES string of the molecule is NCCc1nnc(C2CCCCC2)s1. The molecule has 2 rings (SSSR count). The van der Waals surface area contributed by atoms with Crippen LogP contribution >= 0.6 is 11.3 Å². The van der Waals surface area contributed by atoms with E-state index in [-0.39, 0.29) is 0 Å². The molecule has 1 fully saturated rings. The maximum Gasteiger partial charge on any atom is 0.120 e. The maximum atomic E-state index is 5.49. The van der Waals surface area contributed by atoms with E-state index in [1.54, 1.807) is 11.3 Å². The molecule has 0 saturated heterocycles. The summed E-state index contributed by atoms with van der Waals surface area (Å²) in [5, 5.41) is 10.8. The van der Waals surface area contributed by atoms with E-state index in [9.17, 15) is 0 Å². The molecular weight excluding hydrogens is 194 g/mol. The largest absolute Gasteiger partial charge is 0.330 e. The lowest BCUT2D eigenvalue weighted by Crippen LogP contribution is -2.03. The molecule has 0 spiro atoms. The molecule has 3 nitrogen and oxygen atoms in total. The predicted molar refractivity (Wildman–Crippen MR) is 58.5 cm³/mol. The van der Waals surface area contributed by atoms with Crippen molar-refractivity contribution in [2.45, 2.75) is 44.4 Å². The van der Waals surface area contributed by atoms with Crippen molar-refractivity contribution >= 4 is 11.3 Å². The first-order valence-electron chi connectivity index (χ1n) is 5.42. The average Bonchev–Trinajstić information content (AvgIpc) is 2.68. The molecule has 14 heavy (non-hydrogen) atoms. The summed E-state index contributed by atoms with van der Waals surface area (Å²) in [6.07, 6.45) is 7.59. The minimum atomic E-state index is 0.680. The van der Waals surface area contributed by atoms with Crippen LogP contribution in [0, 0.1) is 0 Å².